The molecule has 0 aliphatic rings. The van der Waals surface area contributed by atoms with E-state index in [1.807, 2.05) is 24.3 Å². The van der Waals surface area contributed by atoms with Crippen LogP contribution in [0.2, 0.25) is 0 Å². The molecule has 0 unspecified atom stereocenters. The number of carbonyl (C=O) groups excluding carboxylic acids is 1. The molecule has 0 heterocycles. The van der Waals surface area contributed by atoms with Gasteiger partial charge in [0, 0.05) is 6.92 Å². The quantitative estimate of drug-likeness (QED) is 0.545. The minimum Gasteiger partial charge on any atom is -0.458 e. The summed E-state index contributed by atoms with van der Waals surface area (Å²) in [6, 6.07) is 7.64. The van der Waals surface area contributed by atoms with Crippen LogP contribution in [0, 0.1) is 0 Å². The average Bonchev–Trinajstić information content (AvgIpc) is 2.45. The van der Waals surface area contributed by atoms with Crippen LogP contribution in [0.1, 0.15) is 69.6 Å². The predicted molar refractivity (Wildman–Crippen MR) is 80.2 cm³/mol. The van der Waals surface area contributed by atoms with Gasteiger partial charge >= 0.3 is 5.97 Å². The standard InChI is InChI=1S/C17H26O3/c1-3-4-5-6-7-11-17(20-14(2)19)16-10-8-9-15(12-16)13-18/h8-10,12,17-18H,3-7,11,13H2,1-2H3/t17-/m0/s1. The van der Waals surface area contributed by atoms with Crippen molar-refractivity contribution in [2.45, 2.75) is 65.1 Å². The van der Waals surface area contributed by atoms with E-state index in [1.54, 1.807) is 0 Å². The second-order valence-corrected chi connectivity index (χ2v) is 5.20. The van der Waals surface area contributed by atoms with Gasteiger partial charge in [-0.25, -0.2) is 0 Å². The molecule has 0 fully saturated rings. The van der Waals surface area contributed by atoms with Crippen LogP contribution < -0.4 is 0 Å². The van der Waals surface area contributed by atoms with E-state index in [0.717, 1.165) is 24.0 Å². The molecule has 0 amide bonds. The highest BCUT2D eigenvalue weighted by Crippen LogP contribution is 2.25. The van der Waals surface area contributed by atoms with Gasteiger partial charge < -0.3 is 9.84 Å². The number of unbranched alkanes of at least 4 members (excludes halogenated alkanes) is 4. The summed E-state index contributed by atoms with van der Waals surface area (Å²) in [5.74, 6) is -0.252. The third-order valence-electron chi connectivity index (χ3n) is 3.38. The van der Waals surface area contributed by atoms with Crippen molar-refractivity contribution in [2.75, 3.05) is 0 Å². The summed E-state index contributed by atoms with van der Waals surface area (Å²) in [5, 5.41) is 9.19. The number of benzene rings is 1. The van der Waals surface area contributed by atoms with Gasteiger partial charge in [-0.1, -0.05) is 50.8 Å². The minimum absolute atomic E-state index is 0.0110. The van der Waals surface area contributed by atoms with Crippen LogP contribution >= 0.6 is 0 Å². The summed E-state index contributed by atoms with van der Waals surface area (Å²) in [6.45, 7) is 3.65. The first-order valence-corrected chi connectivity index (χ1v) is 7.54. The lowest BCUT2D eigenvalue weighted by Gasteiger charge is -2.18. The molecule has 20 heavy (non-hydrogen) atoms. The molecule has 0 saturated heterocycles. The third kappa shape index (κ3) is 6.20. The zero-order valence-electron chi connectivity index (χ0n) is 12.6. The van der Waals surface area contributed by atoms with E-state index in [-0.39, 0.29) is 18.7 Å². The molecule has 1 atom stereocenters. The van der Waals surface area contributed by atoms with Gasteiger partial charge in [0.05, 0.1) is 6.61 Å². The van der Waals surface area contributed by atoms with Gasteiger partial charge in [0.15, 0.2) is 0 Å². The fraction of sp³-hybridized carbons (Fsp3) is 0.588. The molecular weight excluding hydrogens is 252 g/mol. The molecule has 3 nitrogen and oxygen atoms in total. The highest BCUT2D eigenvalue weighted by molar-refractivity contribution is 5.66. The molecule has 1 N–H and O–H groups in total. The molecule has 0 aliphatic carbocycles. The molecule has 0 radical (unpaired) electrons. The molecule has 112 valence electrons. The van der Waals surface area contributed by atoms with Crippen molar-refractivity contribution in [1.82, 2.24) is 0 Å². The van der Waals surface area contributed by atoms with Gasteiger partial charge in [-0.05, 0) is 30.0 Å². The zero-order valence-corrected chi connectivity index (χ0v) is 12.6. The molecule has 1 rings (SSSR count). The molecular formula is C17H26O3. The van der Waals surface area contributed by atoms with E-state index in [2.05, 4.69) is 6.92 Å². The Morgan fingerprint density at radius 3 is 2.65 bits per heavy atom. The molecule has 1 aromatic carbocycles. The molecule has 1 aromatic rings. The summed E-state index contributed by atoms with van der Waals surface area (Å²) < 4.78 is 5.42. The minimum atomic E-state index is -0.252. The van der Waals surface area contributed by atoms with E-state index in [0.29, 0.717) is 0 Å². The number of carbonyl (C=O) groups is 1. The maximum Gasteiger partial charge on any atom is 0.303 e. The Morgan fingerprint density at radius 2 is 2.00 bits per heavy atom. The van der Waals surface area contributed by atoms with Crippen LogP contribution in [0.25, 0.3) is 0 Å². The Bertz CT molecular complexity index is 401. The van der Waals surface area contributed by atoms with Gasteiger partial charge in [0.2, 0.25) is 0 Å². The lowest BCUT2D eigenvalue weighted by Crippen LogP contribution is -2.09. The second-order valence-electron chi connectivity index (χ2n) is 5.20. The highest BCUT2D eigenvalue weighted by Gasteiger charge is 2.14. The number of aliphatic hydroxyl groups excluding tert-OH is 1. The largest absolute Gasteiger partial charge is 0.458 e. The molecule has 0 bridgehead atoms. The van der Waals surface area contributed by atoms with Crippen LogP contribution in [0.15, 0.2) is 24.3 Å². The Kier molecular flexibility index (Phi) is 7.97. The average molecular weight is 278 g/mol. The summed E-state index contributed by atoms with van der Waals surface area (Å²) >= 11 is 0. The first kappa shape index (κ1) is 16.7. The van der Waals surface area contributed by atoms with Crippen LogP contribution in [0.4, 0.5) is 0 Å². The van der Waals surface area contributed by atoms with Gasteiger partial charge in [-0.3, -0.25) is 4.79 Å². The summed E-state index contributed by atoms with van der Waals surface area (Å²) in [6.07, 6.45) is 6.61. The maximum absolute atomic E-state index is 11.2. The number of ether oxygens (including phenoxy) is 1. The summed E-state index contributed by atoms with van der Waals surface area (Å²) in [4.78, 5) is 11.2. The van der Waals surface area contributed by atoms with Crippen molar-refractivity contribution < 1.29 is 14.6 Å². The molecule has 0 aromatic heterocycles. The maximum atomic E-state index is 11.2. The Balaban J connectivity index is 2.60. The number of hydrogen-bond donors (Lipinski definition) is 1. The van der Waals surface area contributed by atoms with Crippen LogP contribution in [-0.2, 0) is 16.1 Å². The Morgan fingerprint density at radius 1 is 1.25 bits per heavy atom. The Labute approximate surface area is 122 Å². The van der Waals surface area contributed by atoms with E-state index < -0.39 is 0 Å². The van der Waals surface area contributed by atoms with Crippen LogP contribution in [-0.4, -0.2) is 11.1 Å². The Hall–Kier alpha value is -1.35. The predicted octanol–water partition coefficient (Wildman–Crippen LogP) is 4.14. The fourth-order valence-corrected chi connectivity index (χ4v) is 2.32. The van der Waals surface area contributed by atoms with Gasteiger partial charge in [0.25, 0.3) is 0 Å². The second kappa shape index (κ2) is 9.54. The topological polar surface area (TPSA) is 46.5 Å². The van der Waals surface area contributed by atoms with Gasteiger partial charge in [0.1, 0.15) is 6.10 Å². The summed E-state index contributed by atoms with van der Waals surface area (Å²) in [5.41, 5.74) is 1.83. The lowest BCUT2D eigenvalue weighted by molar-refractivity contribution is -0.147. The number of rotatable bonds is 9. The highest BCUT2D eigenvalue weighted by atomic mass is 16.5. The van der Waals surface area contributed by atoms with E-state index >= 15 is 0 Å². The van der Waals surface area contributed by atoms with Crippen molar-refractivity contribution in [3.63, 3.8) is 0 Å². The first-order chi connectivity index (χ1) is 9.67. The smallest absolute Gasteiger partial charge is 0.303 e. The van der Waals surface area contributed by atoms with Crippen LogP contribution in [0.3, 0.4) is 0 Å². The fourth-order valence-electron chi connectivity index (χ4n) is 2.32. The van der Waals surface area contributed by atoms with Crippen molar-refractivity contribution in [2.24, 2.45) is 0 Å². The molecule has 0 spiro atoms. The van der Waals surface area contributed by atoms with Gasteiger partial charge in [-0.15, -0.1) is 0 Å². The number of hydrogen-bond acceptors (Lipinski definition) is 3. The van der Waals surface area contributed by atoms with Gasteiger partial charge in [-0.2, -0.15) is 0 Å². The lowest BCUT2D eigenvalue weighted by atomic mass is 10.0. The van der Waals surface area contributed by atoms with Crippen molar-refractivity contribution in [1.29, 1.82) is 0 Å². The number of aliphatic hydroxyl groups is 1. The van der Waals surface area contributed by atoms with Crippen LogP contribution in [0.5, 0.6) is 0 Å². The SMILES string of the molecule is CCCCCCC[C@H](OC(C)=O)c1cccc(CO)c1. The van der Waals surface area contributed by atoms with Crippen molar-refractivity contribution in [3.8, 4) is 0 Å². The molecule has 3 heteroatoms. The summed E-state index contributed by atoms with van der Waals surface area (Å²) in [7, 11) is 0. The molecule has 0 saturated carbocycles. The zero-order chi connectivity index (χ0) is 14.8. The van der Waals surface area contributed by atoms with Crippen molar-refractivity contribution >= 4 is 5.97 Å². The number of esters is 1. The monoisotopic (exact) mass is 278 g/mol. The first-order valence-electron chi connectivity index (χ1n) is 7.54. The third-order valence-corrected chi connectivity index (χ3v) is 3.38. The normalized spacial score (nSPS) is 12.2. The van der Waals surface area contributed by atoms with Crippen molar-refractivity contribution in [3.05, 3.63) is 35.4 Å². The van der Waals surface area contributed by atoms with E-state index in [1.165, 1.54) is 32.6 Å². The van der Waals surface area contributed by atoms with E-state index in [9.17, 15) is 9.90 Å². The molecule has 0 aliphatic heterocycles. The van der Waals surface area contributed by atoms with E-state index in [4.69, 9.17) is 4.74 Å².